The molecule has 0 radical (unpaired) electrons. The molecule has 1 aromatic heterocycles. The van der Waals surface area contributed by atoms with E-state index in [-0.39, 0.29) is 0 Å². The Labute approximate surface area is 161 Å². The Hall–Kier alpha value is -2.44. The molecule has 0 fully saturated rings. The lowest BCUT2D eigenvalue weighted by atomic mass is 10.2. The molecule has 1 aliphatic rings. The van der Waals surface area contributed by atoms with Crippen LogP contribution < -0.4 is 10.3 Å². The number of halogens is 2. The van der Waals surface area contributed by atoms with Crippen molar-refractivity contribution >= 4 is 51.3 Å². The summed E-state index contributed by atoms with van der Waals surface area (Å²) in [6.45, 7) is 2.44. The van der Waals surface area contributed by atoms with Crippen LogP contribution in [0.5, 0.6) is 0 Å². The Bertz CT molecular complexity index is 975. The molecule has 0 spiro atoms. The number of alkyl halides is 1. The van der Waals surface area contributed by atoms with Crippen molar-refractivity contribution in [3.05, 3.63) is 53.8 Å². The van der Waals surface area contributed by atoms with E-state index in [4.69, 9.17) is 23.2 Å². The van der Waals surface area contributed by atoms with E-state index >= 15 is 0 Å². The number of aromatic nitrogens is 2. The first-order chi connectivity index (χ1) is 12.7. The average Bonchev–Trinajstić information content (AvgIpc) is 3.11. The Morgan fingerprint density at radius 1 is 1.15 bits per heavy atom. The van der Waals surface area contributed by atoms with Gasteiger partial charge in [-0.05, 0) is 36.4 Å². The predicted octanol–water partition coefficient (Wildman–Crippen LogP) is 4.47. The molecule has 4 rings (SSSR count). The second-order valence-corrected chi connectivity index (χ2v) is 6.73. The summed E-state index contributed by atoms with van der Waals surface area (Å²) in [6, 6.07) is 13.6. The standard InChI is InChI=1S/C18H17Cl2N6/c19-6-7-25-8-9-26(24-25)15-4-5-17-16(11-15)18(22-12-21-17)23-14-3-1-2-13(20)10-14/h1-5,10-12H,6-9H2,(H,21,22,23)/q+1. The molecule has 0 bridgehead atoms. The molecule has 0 saturated carbocycles. The summed E-state index contributed by atoms with van der Waals surface area (Å²) in [5.74, 6) is 1.30. The van der Waals surface area contributed by atoms with Gasteiger partial charge in [-0.25, -0.2) is 9.97 Å². The van der Waals surface area contributed by atoms with Gasteiger partial charge >= 0.3 is 0 Å². The van der Waals surface area contributed by atoms with Crippen LogP contribution in [-0.2, 0) is 0 Å². The molecule has 26 heavy (non-hydrogen) atoms. The first kappa shape index (κ1) is 17.0. The van der Waals surface area contributed by atoms with Crippen molar-refractivity contribution in [2.24, 2.45) is 5.22 Å². The van der Waals surface area contributed by atoms with Crippen molar-refractivity contribution in [3.8, 4) is 0 Å². The van der Waals surface area contributed by atoms with Crippen LogP contribution >= 0.6 is 23.2 Å². The van der Waals surface area contributed by atoms with E-state index < -0.39 is 0 Å². The molecule has 0 atom stereocenters. The summed E-state index contributed by atoms with van der Waals surface area (Å²) in [7, 11) is 0. The van der Waals surface area contributed by atoms with E-state index in [0.717, 1.165) is 47.7 Å². The highest BCUT2D eigenvalue weighted by Crippen LogP contribution is 2.29. The Morgan fingerprint density at radius 2 is 2.08 bits per heavy atom. The lowest BCUT2D eigenvalue weighted by molar-refractivity contribution is -0.575. The van der Waals surface area contributed by atoms with Crippen LogP contribution in [0, 0.1) is 0 Å². The van der Waals surface area contributed by atoms with Crippen molar-refractivity contribution < 1.29 is 4.70 Å². The van der Waals surface area contributed by atoms with Gasteiger partial charge in [0.05, 0.1) is 16.6 Å². The fraction of sp³-hybridized carbons (Fsp3) is 0.222. The number of nitrogens with zero attached hydrogens (tertiary/aromatic N) is 5. The molecule has 0 saturated heterocycles. The highest BCUT2D eigenvalue weighted by Gasteiger charge is 2.23. The van der Waals surface area contributed by atoms with Crippen LogP contribution in [0.15, 0.2) is 54.0 Å². The third kappa shape index (κ3) is 3.57. The zero-order valence-electron chi connectivity index (χ0n) is 13.9. The molecule has 2 aromatic carbocycles. The van der Waals surface area contributed by atoms with Gasteiger partial charge in [-0.3, -0.25) is 0 Å². The minimum Gasteiger partial charge on any atom is -0.340 e. The average molecular weight is 388 g/mol. The van der Waals surface area contributed by atoms with E-state index in [1.807, 2.05) is 46.1 Å². The van der Waals surface area contributed by atoms with Crippen LogP contribution in [0.25, 0.3) is 10.9 Å². The van der Waals surface area contributed by atoms with Gasteiger partial charge in [0, 0.05) is 16.1 Å². The van der Waals surface area contributed by atoms with Gasteiger partial charge < -0.3 is 5.32 Å². The number of anilines is 3. The van der Waals surface area contributed by atoms with Crippen LogP contribution in [0.3, 0.4) is 0 Å². The number of nitrogens with one attached hydrogen (secondary N) is 1. The maximum atomic E-state index is 6.07. The van der Waals surface area contributed by atoms with Crippen LogP contribution in [0.2, 0.25) is 5.02 Å². The molecular formula is C18H17Cl2N6+. The van der Waals surface area contributed by atoms with Crippen molar-refractivity contribution in [1.29, 1.82) is 0 Å². The van der Waals surface area contributed by atoms with Crippen molar-refractivity contribution in [3.63, 3.8) is 0 Å². The quantitative estimate of drug-likeness (QED) is 0.518. The first-order valence-corrected chi connectivity index (χ1v) is 9.21. The summed E-state index contributed by atoms with van der Waals surface area (Å²) in [5.41, 5.74) is 2.74. The summed E-state index contributed by atoms with van der Waals surface area (Å²) in [4.78, 5) is 8.76. The Balaban J connectivity index is 1.69. The number of rotatable bonds is 5. The summed E-state index contributed by atoms with van der Waals surface area (Å²) < 4.78 is 1.98. The van der Waals surface area contributed by atoms with E-state index in [9.17, 15) is 0 Å². The van der Waals surface area contributed by atoms with E-state index in [1.165, 1.54) is 0 Å². The monoisotopic (exact) mass is 387 g/mol. The van der Waals surface area contributed by atoms with E-state index in [1.54, 1.807) is 6.33 Å². The predicted molar refractivity (Wildman–Crippen MR) is 105 cm³/mol. The fourth-order valence-corrected chi connectivity index (χ4v) is 3.28. The van der Waals surface area contributed by atoms with E-state index in [2.05, 4.69) is 26.6 Å². The topological polar surface area (TPSA) is 56.4 Å². The van der Waals surface area contributed by atoms with Gasteiger partial charge in [-0.1, -0.05) is 17.7 Å². The SMILES string of the molecule is ClCC[N+]1=NN(c2ccc3ncnc(Nc4cccc(Cl)c4)c3c2)CC1. The summed E-state index contributed by atoms with van der Waals surface area (Å²) >= 11 is 11.9. The summed E-state index contributed by atoms with van der Waals surface area (Å²) in [5, 5.41) is 11.5. The van der Waals surface area contributed by atoms with Crippen LogP contribution in [0.1, 0.15) is 0 Å². The molecule has 132 valence electrons. The van der Waals surface area contributed by atoms with Crippen molar-refractivity contribution in [2.45, 2.75) is 0 Å². The van der Waals surface area contributed by atoms with Gasteiger partial charge in [0.15, 0.2) is 12.2 Å². The smallest absolute Gasteiger partial charge is 0.153 e. The molecule has 0 aliphatic carbocycles. The van der Waals surface area contributed by atoms with E-state index in [0.29, 0.717) is 10.9 Å². The zero-order chi connectivity index (χ0) is 17.9. The maximum absolute atomic E-state index is 6.07. The molecule has 8 heteroatoms. The van der Waals surface area contributed by atoms with Gasteiger partial charge in [0.25, 0.3) is 0 Å². The molecule has 3 aromatic rings. The van der Waals surface area contributed by atoms with Crippen LogP contribution in [-0.4, -0.2) is 40.2 Å². The lowest BCUT2D eigenvalue weighted by Crippen LogP contribution is -2.14. The third-order valence-electron chi connectivity index (χ3n) is 4.15. The highest BCUT2D eigenvalue weighted by molar-refractivity contribution is 6.30. The largest absolute Gasteiger partial charge is 0.340 e. The number of hydrogen-bond donors (Lipinski definition) is 1. The normalized spacial score (nSPS) is 13.9. The lowest BCUT2D eigenvalue weighted by Gasteiger charge is -2.10. The second kappa shape index (κ2) is 7.43. The molecule has 6 nitrogen and oxygen atoms in total. The molecular weight excluding hydrogens is 371 g/mol. The fourth-order valence-electron chi connectivity index (χ4n) is 2.89. The van der Waals surface area contributed by atoms with Crippen molar-refractivity contribution in [1.82, 2.24) is 9.97 Å². The van der Waals surface area contributed by atoms with Gasteiger partial charge in [0.1, 0.15) is 25.2 Å². The molecule has 0 unspecified atom stereocenters. The van der Waals surface area contributed by atoms with Gasteiger partial charge in [0.2, 0.25) is 0 Å². The Kier molecular flexibility index (Phi) is 4.86. The second-order valence-electron chi connectivity index (χ2n) is 5.91. The number of benzene rings is 2. The first-order valence-electron chi connectivity index (χ1n) is 8.30. The summed E-state index contributed by atoms with van der Waals surface area (Å²) in [6.07, 6.45) is 1.55. The molecule has 1 aliphatic heterocycles. The van der Waals surface area contributed by atoms with Gasteiger partial charge in [-0.15, -0.1) is 16.6 Å². The van der Waals surface area contributed by atoms with Crippen LogP contribution in [0.4, 0.5) is 17.2 Å². The molecule has 2 heterocycles. The maximum Gasteiger partial charge on any atom is 0.153 e. The highest BCUT2D eigenvalue weighted by atomic mass is 35.5. The molecule has 1 N–H and O–H groups in total. The minimum atomic E-state index is 0.566. The minimum absolute atomic E-state index is 0.566. The zero-order valence-corrected chi connectivity index (χ0v) is 15.5. The number of hydrogen-bond acceptors (Lipinski definition) is 5. The number of fused-ring (bicyclic) bond motifs is 1. The van der Waals surface area contributed by atoms with Gasteiger partial charge in [-0.2, -0.15) is 4.70 Å². The molecule has 0 amide bonds. The van der Waals surface area contributed by atoms with Crippen molar-refractivity contribution in [2.75, 3.05) is 35.8 Å². The third-order valence-corrected chi connectivity index (χ3v) is 4.56. The Morgan fingerprint density at radius 3 is 2.92 bits per heavy atom.